The van der Waals surface area contributed by atoms with Crippen LogP contribution in [0.4, 0.5) is 5.69 Å². The molecule has 3 heteroatoms. The van der Waals surface area contributed by atoms with Crippen LogP contribution in [0.1, 0.15) is 21.5 Å². The lowest BCUT2D eigenvalue weighted by molar-refractivity contribution is 0.102. The lowest BCUT2D eigenvalue weighted by atomic mass is 10.1. The average molecular weight is 257 g/mol. The van der Waals surface area contributed by atoms with Gasteiger partial charge in [-0.15, -0.1) is 12.6 Å². The number of carbonyl (C=O) groups is 1. The molecule has 0 radical (unpaired) electrons. The van der Waals surface area contributed by atoms with Crippen LogP contribution >= 0.6 is 12.6 Å². The van der Waals surface area contributed by atoms with E-state index >= 15 is 0 Å². The zero-order chi connectivity index (χ0) is 13.1. The fraction of sp³-hybridized carbons (Fsp3) is 0.133. The van der Waals surface area contributed by atoms with Gasteiger partial charge in [-0.2, -0.15) is 0 Å². The fourth-order valence-corrected chi connectivity index (χ4v) is 1.99. The highest BCUT2D eigenvalue weighted by Crippen LogP contribution is 2.19. The van der Waals surface area contributed by atoms with Gasteiger partial charge in [-0.05, 0) is 43.2 Å². The largest absolute Gasteiger partial charge is 0.322 e. The van der Waals surface area contributed by atoms with E-state index in [0.29, 0.717) is 10.5 Å². The molecule has 0 unspecified atom stereocenters. The predicted octanol–water partition coefficient (Wildman–Crippen LogP) is 3.84. The first-order valence-electron chi connectivity index (χ1n) is 5.74. The second-order valence-electron chi connectivity index (χ2n) is 4.29. The molecule has 2 nitrogen and oxygen atoms in total. The van der Waals surface area contributed by atoms with Gasteiger partial charge in [0.05, 0.1) is 5.56 Å². The molecule has 0 aromatic heterocycles. The van der Waals surface area contributed by atoms with Crippen LogP contribution in [-0.2, 0) is 0 Å². The summed E-state index contributed by atoms with van der Waals surface area (Å²) in [5, 5.41) is 2.92. The molecule has 2 aromatic rings. The minimum Gasteiger partial charge on any atom is -0.322 e. The summed E-state index contributed by atoms with van der Waals surface area (Å²) >= 11 is 4.29. The Hall–Kier alpha value is -1.74. The highest BCUT2D eigenvalue weighted by molar-refractivity contribution is 7.80. The van der Waals surface area contributed by atoms with Crippen LogP contribution in [0.5, 0.6) is 0 Å². The van der Waals surface area contributed by atoms with Gasteiger partial charge < -0.3 is 5.32 Å². The van der Waals surface area contributed by atoms with Gasteiger partial charge in [0.2, 0.25) is 0 Å². The summed E-state index contributed by atoms with van der Waals surface area (Å²) in [5.41, 5.74) is 3.60. The minimum absolute atomic E-state index is 0.130. The summed E-state index contributed by atoms with van der Waals surface area (Å²) in [6.45, 7) is 3.98. The van der Waals surface area contributed by atoms with Gasteiger partial charge in [0, 0.05) is 10.6 Å². The molecule has 2 aromatic carbocycles. The summed E-state index contributed by atoms with van der Waals surface area (Å²) in [4.78, 5) is 12.8. The van der Waals surface area contributed by atoms with Crippen LogP contribution in [-0.4, -0.2) is 5.91 Å². The van der Waals surface area contributed by atoms with E-state index in [0.717, 1.165) is 16.8 Å². The number of benzene rings is 2. The maximum Gasteiger partial charge on any atom is 0.256 e. The van der Waals surface area contributed by atoms with Crippen LogP contribution in [0.3, 0.4) is 0 Å². The molecule has 0 heterocycles. The zero-order valence-corrected chi connectivity index (χ0v) is 11.3. The van der Waals surface area contributed by atoms with Crippen LogP contribution in [0.15, 0.2) is 47.4 Å². The van der Waals surface area contributed by atoms with E-state index in [1.54, 1.807) is 12.1 Å². The van der Waals surface area contributed by atoms with Crippen molar-refractivity contribution < 1.29 is 4.79 Å². The van der Waals surface area contributed by atoms with E-state index < -0.39 is 0 Å². The highest BCUT2D eigenvalue weighted by atomic mass is 32.1. The third kappa shape index (κ3) is 2.74. The quantitative estimate of drug-likeness (QED) is 0.786. The van der Waals surface area contributed by atoms with Crippen molar-refractivity contribution in [1.29, 1.82) is 0 Å². The molecular formula is C15H15NOS. The normalized spacial score (nSPS) is 10.2. The fourth-order valence-electron chi connectivity index (χ4n) is 1.73. The lowest BCUT2D eigenvalue weighted by Crippen LogP contribution is -2.13. The number of thiol groups is 1. The van der Waals surface area contributed by atoms with Gasteiger partial charge in [-0.1, -0.05) is 24.3 Å². The Morgan fingerprint density at radius 3 is 2.56 bits per heavy atom. The number of aryl methyl sites for hydroxylation is 2. The van der Waals surface area contributed by atoms with Gasteiger partial charge >= 0.3 is 0 Å². The molecular weight excluding hydrogens is 242 g/mol. The van der Waals surface area contributed by atoms with Crippen molar-refractivity contribution >= 4 is 24.2 Å². The monoisotopic (exact) mass is 257 g/mol. The topological polar surface area (TPSA) is 29.1 Å². The Labute approximate surface area is 112 Å². The van der Waals surface area contributed by atoms with Crippen molar-refractivity contribution in [2.75, 3.05) is 5.32 Å². The van der Waals surface area contributed by atoms with Crippen molar-refractivity contribution in [3.05, 3.63) is 59.2 Å². The Morgan fingerprint density at radius 2 is 1.83 bits per heavy atom. The molecule has 0 aliphatic carbocycles. The minimum atomic E-state index is -0.130. The van der Waals surface area contributed by atoms with E-state index in [1.807, 2.05) is 44.2 Å². The number of amides is 1. The van der Waals surface area contributed by atoms with Gasteiger partial charge in [0.15, 0.2) is 0 Å². The van der Waals surface area contributed by atoms with Gasteiger partial charge in [-0.25, -0.2) is 0 Å². The first-order chi connectivity index (χ1) is 8.58. The second-order valence-corrected chi connectivity index (χ2v) is 4.77. The van der Waals surface area contributed by atoms with Crippen molar-refractivity contribution in [1.82, 2.24) is 0 Å². The molecule has 1 amide bonds. The van der Waals surface area contributed by atoms with Crippen molar-refractivity contribution in [2.24, 2.45) is 0 Å². The summed E-state index contributed by atoms with van der Waals surface area (Å²) in [7, 11) is 0. The SMILES string of the molecule is Cc1ccc(C)c(NC(=O)c2ccccc2S)c1. The first-order valence-corrected chi connectivity index (χ1v) is 6.19. The summed E-state index contributed by atoms with van der Waals surface area (Å²) < 4.78 is 0. The van der Waals surface area contributed by atoms with E-state index in [-0.39, 0.29) is 5.91 Å². The summed E-state index contributed by atoms with van der Waals surface area (Å²) in [5.74, 6) is -0.130. The molecule has 18 heavy (non-hydrogen) atoms. The molecule has 1 N–H and O–H groups in total. The first kappa shape index (κ1) is 12.7. The lowest BCUT2D eigenvalue weighted by Gasteiger charge is -2.10. The summed E-state index contributed by atoms with van der Waals surface area (Å²) in [6, 6.07) is 13.3. The van der Waals surface area contributed by atoms with E-state index in [1.165, 1.54) is 0 Å². The average Bonchev–Trinajstić information content (AvgIpc) is 2.34. The molecule has 0 atom stereocenters. The molecule has 0 saturated heterocycles. The zero-order valence-electron chi connectivity index (χ0n) is 10.4. The number of carbonyl (C=O) groups excluding carboxylic acids is 1. The van der Waals surface area contributed by atoms with Crippen molar-refractivity contribution in [3.63, 3.8) is 0 Å². The summed E-state index contributed by atoms with van der Waals surface area (Å²) in [6.07, 6.45) is 0. The van der Waals surface area contributed by atoms with Gasteiger partial charge in [0.1, 0.15) is 0 Å². The van der Waals surface area contributed by atoms with Crippen LogP contribution in [0, 0.1) is 13.8 Å². The van der Waals surface area contributed by atoms with E-state index in [9.17, 15) is 4.79 Å². The van der Waals surface area contributed by atoms with Crippen LogP contribution < -0.4 is 5.32 Å². The Balaban J connectivity index is 2.27. The maximum absolute atomic E-state index is 12.1. The Kier molecular flexibility index (Phi) is 3.72. The third-order valence-electron chi connectivity index (χ3n) is 2.79. The predicted molar refractivity (Wildman–Crippen MR) is 77.6 cm³/mol. The van der Waals surface area contributed by atoms with Crippen molar-refractivity contribution in [2.45, 2.75) is 18.7 Å². The van der Waals surface area contributed by atoms with E-state index in [4.69, 9.17) is 0 Å². The van der Waals surface area contributed by atoms with Gasteiger partial charge in [-0.3, -0.25) is 4.79 Å². The molecule has 0 fully saturated rings. The second kappa shape index (κ2) is 5.27. The number of rotatable bonds is 2. The standard InChI is InChI=1S/C15H15NOS/c1-10-7-8-11(2)13(9-10)16-15(17)12-5-3-4-6-14(12)18/h3-9,18H,1-2H3,(H,16,17). The van der Waals surface area contributed by atoms with Crippen LogP contribution in [0.2, 0.25) is 0 Å². The van der Waals surface area contributed by atoms with Gasteiger partial charge in [0.25, 0.3) is 5.91 Å². The van der Waals surface area contributed by atoms with Crippen LogP contribution in [0.25, 0.3) is 0 Å². The molecule has 2 rings (SSSR count). The Morgan fingerprint density at radius 1 is 1.11 bits per heavy atom. The van der Waals surface area contributed by atoms with Crippen molar-refractivity contribution in [3.8, 4) is 0 Å². The smallest absolute Gasteiger partial charge is 0.256 e. The molecule has 0 saturated carbocycles. The molecule has 0 aliphatic heterocycles. The van der Waals surface area contributed by atoms with E-state index in [2.05, 4.69) is 17.9 Å². The number of anilines is 1. The molecule has 0 bridgehead atoms. The highest BCUT2D eigenvalue weighted by Gasteiger charge is 2.10. The number of hydrogen-bond donors (Lipinski definition) is 2. The molecule has 92 valence electrons. The molecule has 0 spiro atoms. The molecule has 0 aliphatic rings. The third-order valence-corrected chi connectivity index (χ3v) is 3.18. The maximum atomic E-state index is 12.1. The number of hydrogen-bond acceptors (Lipinski definition) is 2. The number of nitrogens with one attached hydrogen (secondary N) is 1. The Bertz CT molecular complexity index is 593.